The van der Waals surface area contributed by atoms with Crippen LogP contribution in [-0.4, -0.2) is 57.6 Å². The predicted molar refractivity (Wildman–Crippen MR) is 109 cm³/mol. The van der Waals surface area contributed by atoms with Crippen LogP contribution in [0, 0.1) is 6.92 Å². The summed E-state index contributed by atoms with van der Waals surface area (Å²) < 4.78 is 6.61. The SMILES string of the molecule is Cc1ccc(NC(=O)CN(C)C(=O)COC(=O)c2ccc(-n3cncn3)cc2)cc1. The fourth-order valence-electron chi connectivity index (χ4n) is 2.55. The quantitative estimate of drug-likeness (QED) is 0.599. The van der Waals surface area contributed by atoms with Crippen molar-refractivity contribution in [2.24, 2.45) is 0 Å². The van der Waals surface area contributed by atoms with E-state index in [1.807, 2.05) is 19.1 Å². The van der Waals surface area contributed by atoms with Gasteiger partial charge in [0.15, 0.2) is 6.61 Å². The number of aryl methyl sites for hydroxylation is 1. The Hall–Kier alpha value is -4.01. The molecule has 0 aliphatic carbocycles. The van der Waals surface area contributed by atoms with Gasteiger partial charge in [0.1, 0.15) is 12.7 Å². The zero-order chi connectivity index (χ0) is 21.5. The maximum Gasteiger partial charge on any atom is 0.338 e. The van der Waals surface area contributed by atoms with E-state index in [1.54, 1.807) is 41.1 Å². The van der Waals surface area contributed by atoms with Gasteiger partial charge < -0.3 is 15.0 Å². The third-order valence-electron chi connectivity index (χ3n) is 4.25. The Labute approximate surface area is 173 Å². The molecule has 2 amide bonds. The van der Waals surface area contributed by atoms with Gasteiger partial charge in [0, 0.05) is 12.7 Å². The number of amides is 2. The lowest BCUT2D eigenvalue weighted by Crippen LogP contribution is -2.37. The van der Waals surface area contributed by atoms with E-state index in [-0.39, 0.29) is 12.5 Å². The van der Waals surface area contributed by atoms with E-state index in [0.717, 1.165) is 11.3 Å². The summed E-state index contributed by atoms with van der Waals surface area (Å²) in [5.41, 5.74) is 2.76. The molecule has 9 heteroatoms. The van der Waals surface area contributed by atoms with Crippen LogP contribution in [0.25, 0.3) is 5.69 Å². The van der Waals surface area contributed by atoms with Crippen LogP contribution in [0.4, 0.5) is 5.69 Å². The zero-order valence-electron chi connectivity index (χ0n) is 16.6. The Kier molecular flexibility index (Phi) is 6.53. The molecule has 1 aromatic heterocycles. The number of esters is 1. The molecule has 0 atom stereocenters. The number of aromatic nitrogens is 3. The molecule has 30 heavy (non-hydrogen) atoms. The Morgan fingerprint density at radius 2 is 1.77 bits per heavy atom. The van der Waals surface area contributed by atoms with Crippen LogP contribution in [0.15, 0.2) is 61.2 Å². The fourth-order valence-corrected chi connectivity index (χ4v) is 2.55. The summed E-state index contributed by atoms with van der Waals surface area (Å²) >= 11 is 0. The van der Waals surface area contributed by atoms with Crippen LogP contribution < -0.4 is 5.32 Å². The Bertz CT molecular complexity index is 1010. The van der Waals surface area contributed by atoms with Crippen LogP contribution in [0.2, 0.25) is 0 Å². The first-order valence-corrected chi connectivity index (χ1v) is 9.15. The summed E-state index contributed by atoms with van der Waals surface area (Å²) in [5, 5.41) is 6.71. The lowest BCUT2D eigenvalue weighted by molar-refractivity contribution is -0.136. The van der Waals surface area contributed by atoms with Gasteiger partial charge in [0.05, 0.1) is 17.8 Å². The van der Waals surface area contributed by atoms with Crippen molar-refractivity contribution in [1.29, 1.82) is 0 Å². The van der Waals surface area contributed by atoms with Gasteiger partial charge in [-0.1, -0.05) is 17.7 Å². The number of benzene rings is 2. The molecule has 0 unspecified atom stereocenters. The van der Waals surface area contributed by atoms with E-state index in [4.69, 9.17) is 4.74 Å². The highest BCUT2D eigenvalue weighted by atomic mass is 16.5. The second kappa shape index (κ2) is 9.46. The highest BCUT2D eigenvalue weighted by Crippen LogP contribution is 2.10. The minimum atomic E-state index is -0.633. The van der Waals surface area contributed by atoms with Crippen molar-refractivity contribution in [3.05, 3.63) is 72.3 Å². The first-order chi connectivity index (χ1) is 14.4. The van der Waals surface area contributed by atoms with E-state index in [2.05, 4.69) is 15.4 Å². The van der Waals surface area contributed by atoms with Crippen LogP contribution in [0.5, 0.6) is 0 Å². The highest BCUT2D eigenvalue weighted by molar-refractivity contribution is 5.95. The summed E-state index contributed by atoms with van der Waals surface area (Å²) in [4.78, 5) is 41.5. The van der Waals surface area contributed by atoms with Gasteiger partial charge in [-0.05, 0) is 43.3 Å². The number of rotatable bonds is 7. The molecular weight excluding hydrogens is 386 g/mol. The molecule has 9 nitrogen and oxygen atoms in total. The molecule has 1 N–H and O–H groups in total. The van der Waals surface area contributed by atoms with Crippen molar-refractivity contribution in [1.82, 2.24) is 19.7 Å². The van der Waals surface area contributed by atoms with Gasteiger partial charge in [-0.15, -0.1) is 0 Å². The van der Waals surface area contributed by atoms with Crippen molar-refractivity contribution >= 4 is 23.5 Å². The number of hydrogen-bond donors (Lipinski definition) is 1. The van der Waals surface area contributed by atoms with Crippen molar-refractivity contribution in [2.75, 3.05) is 25.5 Å². The van der Waals surface area contributed by atoms with Crippen LogP contribution >= 0.6 is 0 Å². The Balaban J connectivity index is 1.46. The second-order valence-corrected chi connectivity index (χ2v) is 6.63. The van der Waals surface area contributed by atoms with E-state index < -0.39 is 18.5 Å². The lowest BCUT2D eigenvalue weighted by atomic mass is 10.2. The van der Waals surface area contributed by atoms with Crippen molar-refractivity contribution < 1.29 is 19.1 Å². The molecule has 0 saturated carbocycles. The maximum absolute atomic E-state index is 12.2. The topological polar surface area (TPSA) is 106 Å². The summed E-state index contributed by atoms with van der Waals surface area (Å²) in [5.74, 6) is -1.46. The summed E-state index contributed by atoms with van der Waals surface area (Å²) in [7, 11) is 1.47. The van der Waals surface area contributed by atoms with Crippen LogP contribution in [0.1, 0.15) is 15.9 Å². The maximum atomic E-state index is 12.2. The van der Waals surface area contributed by atoms with E-state index >= 15 is 0 Å². The van der Waals surface area contributed by atoms with Gasteiger partial charge in [-0.2, -0.15) is 5.10 Å². The van der Waals surface area contributed by atoms with Crippen molar-refractivity contribution in [3.63, 3.8) is 0 Å². The minimum Gasteiger partial charge on any atom is -0.452 e. The summed E-state index contributed by atoms with van der Waals surface area (Å²) in [6.07, 6.45) is 2.95. The highest BCUT2D eigenvalue weighted by Gasteiger charge is 2.16. The third-order valence-corrected chi connectivity index (χ3v) is 4.25. The normalized spacial score (nSPS) is 10.3. The van der Waals surface area contributed by atoms with Gasteiger partial charge in [-0.25, -0.2) is 14.5 Å². The number of ether oxygens (including phenoxy) is 1. The van der Waals surface area contributed by atoms with E-state index in [0.29, 0.717) is 11.3 Å². The monoisotopic (exact) mass is 407 g/mol. The first kappa shape index (κ1) is 20.7. The molecule has 0 radical (unpaired) electrons. The number of nitrogens with zero attached hydrogens (tertiary/aromatic N) is 4. The molecule has 1 heterocycles. The van der Waals surface area contributed by atoms with Gasteiger partial charge >= 0.3 is 5.97 Å². The third kappa shape index (κ3) is 5.51. The fraction of sp³-hybridized carbons (Fsp3) is 0.190. The molecule has 0 aliphatic heterocycles. The second-order valence-electron chi connectivity index (χ2n) is 6.63. The summed E-state index contributed by atoms with van der Waals surface area (Å²) in [6, 6.07) is 13.8. The Morgan fingerprint density at radius 1 is 1.07 bits per heavy atom. The average molecular weight is 407 g/mol. The number of anilines is 1. The number of likely N-dealkylation sites (N-methyl/N-ethyl adjacent to an activating group) is 1. The molecule has 0 fully saturated rings. The number of hydrogen-bond acceptors (Lipinski definition) is 6. The summed E-state index contributed by atoms with van der Waals surface area (Å²) in [6.45, 7) is 1.33. The van der Waals surface area contributed by atoms with Gasteiger partial charge in [0.25, 0.3) is 5.91 Å². The van der Waals surface area contributed by atoms with Gasteiger partial charge in [-0.3, -0.25) is 9.59 Å². The van der Waals surface area contributed by atoms with E-state index in [9.17, 15) is 14.4 Å². The number of nitrogens with one attached hydrogen (secondary N) is 1. The smallest absolute Gasteiger partial charge is 0.338 e. The molecule has 154 valence electrons. The largest absolute Gasteiger partial charge is 0.452 e. The molecule has 3 aromatic rings. The van der Waals surface area contributed by atoms with Crippen LogP contribution in [0.3, 0.4) is 0 Å². The lowest BCUT2D eigenvalue weighted by Gasteiger charge is -2.17. The molecule has 3 rings (SSSR count). The van der Waals surface area contributed by atoms with Crippen molar-refractivity contribution in [3.8, 4) is 5.69 Å². The van der Waals surface area contributed by atoms with Crippen LogP contribution in [-0.2, 0) is 14.3 Å². The molecule has 0 spiro atoms. The standard InChI is InChI=1S/C21H21N5O4/c1-15-3-7-17(8-4-15)24-19(27)11-25(2)20(28)12-30-21(29)16-5-9-18(10-6-16)26-14-22-13-23-26/h3-10,13-14H,11-12H2,1-2H3,(H,24,27). The first-order valence-electron chi connectivity index (χ1n) is 9.15. The van der Waals surface area contributed by atoms with Gasteiger partial charge in [0.2, 0.25) is 5.91 Å². The molecular formula is C21H21N5O4. The molecule has 0 aliphatic rings. The number of carbonyl (C=O) groups excluding carboxylic acids is 3. The zero-order valence-corrected chi connectivity index (χ0v) is 16.6. The minimum absolute atomic E-state index is 0.156. The molecule has 0 bridgehead atoms. The number of carbonyl (C=O) groups is 3. The van der Waals surface area contributed by atoms with Crippen molar-refractivity contribution in [2.45, 2.75) is 6.92 Å². The molecule has 0 saturated heterocycles. The average Bonchev–Trinajstić information content (AvgIpc) is 3.28. The molecule has 2 aromatic carbocycles. The Morgan fingerprint density at radius 3 is 2.40 bits per heavy atom. The predicted octanol–water partition coefficient (Wildman–Crippen LogP) is 1.83. The van der Waals surface area contributed by atoms with E-state index in [1.165, 1.54) is 24.6 Å².